The minimum absolute atomic E-state index is 0.288. The Labute approximate surface area is 72.1 Å². The van der Waals surface area contributed by atoms with E-state index < -0.39 is 5.97 Å². The van der Waals surface area contributed by atoms with Gasteiger partial charge in [0.25, 0.3) is 0 Å². The second-order valence-electron chi connectivity index (χ2n) is 1.91. The molecule has 0 saturated carbocycles. The van der Waals surface area contributed by atoms with Crippen LogP contribution in [0.3, 0.4) is 0 Å². The number of rotatable bonds is 4. The number of aliphatic hydroxyl groups is 2. The number of ether oxygens (including phenoxy) is 2. The lowest BCUT2D eigenvalue weighted by molar-refractivity contribution is -0.317. The second kappa shape index (κ2) is 5.98. The zero-order valence-corrected chi connectivity index (χ0v) is 7.33. The molecule has 0 aromatic rings. The van der Waals surface area contributed by atoms with E-state index >= 15 is 0 Å². The van der Waals surface area contributed by atoms with Crippen LogP contribution in [0.5, 0.6) is 0 Å². The van der Waals surface area contributed by atoms with E-state index in [-0.39, 0.29) is 19.8 Å². The lowest BCUT2D eigenvalue weighted by Crippen LogP contribution is -2.34. The Balaban J connectivity index is 4.16. The van der Waals surface area contributed by atoms with Crippen LogP contribution in [0.15, 0.2) is 0 Å². The predicted molar refractivity (Wildman–Crippen MR) is 43.1 cm³/mol. The van der Waals surface area contributed by atoms with E-state index in [4.69, 9.17) is 14.6 Å². The molecule has 0 radical (unpaired) electrons. The molecule has 0 aromatic heterocycles. The molecule has 0 saturated heterocycles. The lowest BCUT2D eigenvalue weighted by atomic mass is 10.5. The minimum atomic E-state index is -1.87. The maximum atomic E-state index is 9.41. The summed E-state index contributed by atoms with van der Waals surface area (Å²) in [4.78, 5) is 0. The van der Waals surface area contributed by atoms with Crippen LogP contribution in [-0.4, -0.2) is 36.0 Å². The van der Waals surface area contributed by atoms with E-state index in [0.717, 1.165) is 0 Å². The van der Waals surface area contributed by atoms with Crippen LogP contribution in [0.2, 0.25) is 0 Å². The first-order valence-corrected chi connectivity index (χ1v) is 3.79. The smallest absolute Gasteiger partial charge is 0.350 e. The Kier molecular flexibility index (Phi) is 5.68. The topological polar surface area (TPSA) is 58.9 Å². The molecule has 0 amide bonds. The van der Waals surface area contributed by atoms with Crippen LogP contribution in [0.1, 0.15) is 13.8 Å². The molecule has 4 heteroatoms. The number of hydrogen-bond donors (Lipinski definition) is 2. The number of aliphatic hydroxyl groups excluding tert-OH is 1. The van der Waals surface area contributed by atoms with Crippen molar-refractivity contribution in [2.75, 3.05) is 19.8 Å². The van der Waals surface area contributed by atoms with Gasteiger partial charge >= 0.3 is 5.97 Å². The third-order valence-corrected chi connectivity index (χ3v) is 1.01. The Bertz CT molecular complexity index is 162. The molecule has 0 rings (SSSR count). The normalized spacial score (nSPS) is 10.7. The maximum absolute atomic E-state index is 9.41. The maximum Gasteiger partial charge on any atom is 0.350 e. The summed E-state index contributed by atoms with van der Waals surface area (Å²) in [7, 11) is 0. The predicted octanol–water partition coefficient (Wildman–Crippen LogP) is -0.299. The van der Waals surface area contributed by atoms with Gasteiger partial charge in [0.1, 0.15) is 6.61 Å². The van der Waals surface area contributed by atoms with Gasteiger partial charge in [-0.2, -0.15) is 0 Å². The van der Waals surface area contributed by atoms with Crippen molar-refractivity contribution in [2.24, 2.45) is 0 Å². The van der Waals surface area contributed by atoms with Crippen molar-refractivity contribution < 1.29 is 19.7 Å². The molecule has 70 valence electrons. The Hall–Kier alpha value is -0.600. The first-order chi connectivity index (χ1) is 5.68. The lowest BCUT2D eigenvalue weighted by Gasteiger charge is -2.20. The fraction of sp³-hybridized carbons (Fsp3) is 0.750. The van der Waals surface area contributed by atoms with E-state index in [2.05, 4.69) is 11.8 Å². The molecule has 0 aromatic carbocycles. The van der Waals surface area contributed by atoms with Crippen LogP contribution in [-0.2, 0) is 9.47 Å². The third-order valence-electron chi connectivity index (χ3n) is 1.01. The van der Waals surface area contributed by atoms with Crippen molar-refractivity contribution in [1.82, 2.24) is 0 Å². The van der Waals surface area contributed by atoms with Gasteiger partial charge in [0.2, 0.25) is 0 Å². The Morgan fingerprint density at radius 1 is 1.25 bits per heavy atom. The number of hydrogen-bond acceptors (Lipinski definition) is 4. The highest BCUT2D eigenvalue weighted by Crippen LogP contribution is 2.06. The van der Waals surface area contributed by atoms with Gasteiger partial charge in [-0.15, -0.1) is 0 Å². The SMILES string of the molecule is CCOC(O)(C#CCO)OCC. The fourth-order valence-corrected chi connectivity index (χ4v) is 0.656. The van der Waals surface area contributed by atoms with E-state index in [9.17, 15) is 5.11 Å². The Morgan fingerprint density at radius 3 is 2.08 bits per heavy atom. The average Bonchev–Trinajstić information content (AvgIpc) is 2.02. The molecule has 2 N–H and O–H groups in total. The molecule has 12 heavy (non-hydrogen) atoms. The Morgan fingerprint density at radius 2 is 1.75 bits per heavy atom. The molecular formula is C8H14O4. The van der Waals surface area contributed by atoms with Crippen LogP contribution in [0.25, 0.3) is 0 Å². The molecular weight excluding hydrogens is 160 g/mol. The highest BCUT2D eigenvalue weighted by Gasteiger charge is 2.24. The summed E-state index contributed by atoms with van der Waals surface area (Å²) in [5, 5.41) is 17.8. The van der Waals surface area contributed by atoms with Crippen LogP contribution >= 0.6 is 0 Å². The van der Waals surface area contributed by atoms with E-state index in [1.54, 1.807) is 13.8 Å². The molecule has 4 nitrogen and oxygen atoms in total. The van der Waals surface area contributed by atoms with Crippen LogP contribution in [0.4, 0.5) is 0 Å². The second-order valence-corrected chi connectivity index (χ2v) is 1.91. The molecule has 0 fully saturated rings. The largest absolute Gasteiger partial charge is 0.384 e. The van der Waals surface area contributed by atoms with E-state index in [1.807, 2.05) is 0 Å². The molecule has 0 unspecified atom stereocenters. The van der Waals surface area contributed by atoms with E-state index in [0.29, 0.717) is 0 Å². The summed E-state index contributed by atoms with van der Waals surface area (Å²) in [6.45, 7) is 3.67. The quantitative estimate of drug-likeness (QED) is 0.454. The van der Waals surface area contributed by atoms with Crippen molar-refractivity contribution in [2.45, 2.75) is 19.8 Å². The molecule has 0 spiro atoms. The summed E-state index contributed by atoms with van der Waals surface area (Å²) in [6.07, 6.45) is 0. The first-order valence-electron chi connectivity index (χ1n) is 3.79. The van der Waals surface area contributed by atoms with Crippen LogP contribution in [0, 0.1) is 11.8 Å². The molecule has 0 atom stereocenters. The molecule has 0 heterocycles. The highest BCUT2D eigenvalue weighted by atomic mass is 16.8. The zero-order chi connectivity index (χ0) is 9.45. The first kappa shape index (κ1) is 11.4. The molecule has 0 aliphatic carbocycles. The van der Waals surface area contributed by atoms with Gasteiger partial charge < -0.3 is 19.7 Å². The van der Waals surface area contributed by atoms with Crippen LogP contribution < -0.4 is 0 Å². The van der Waals surface area contributed by atoms with Gasteiger partial charge in [-0.1, -0.05) is 5.92 Å². The average molecular weight is 174 g/mol. The van der Waals surface area contributed by atoms with E-state index in [1.165, 1.54) is 0 Å². The van der Waals surface area contributed by atoms with Crippen molar-refractivity contribution in [1.29, 1.82) is 0 Å². The fourth-order valence-electron chi connectivity index (χ4n) is 0.656. The highest BCUT2D eigenvalue weighted by molar-refractivity contribution is 5.05. The summed E-state index contributed by atoms with van der Waals surface area (Å²) in [5.41, 5.74) is 0. The zero-order valence-electron chi connectivity index (χ0n) is 7.33. The third kappa shape index (κ3) is 4.31. The molecule has 0 aliphatic heterocycles. The van der Waals surface area contributed by atoms with Gasteiger partial charge in [0.15, 0.2) is 0 Å². The summed E-state index contributed by atoms with van der Waals surface area (Å²) >= 11 is 0. The summed E-state index contributed by atoms with van der Waals surface area (Å²) in [6, 6.07) is 0. The molecule has 0 aliphatic rings. The van der Waals surface area contributed by atoms with Crippen molar-refractivity contribution in [3.8, 4) is 11.8 Å². The molecule has 0 bridgehead atoms. The summed E-state index contributed by atoms with van der Waals surface area (Å²) < 4.78 is 9.64. The monoisotopic (exact) mass is 174 g/mol. The van der Waals surface area contributed by atoms with Gasteiger partial charge in [-0.3, -0.25) is 0 Å². The van der Waals surface area contributed by atoms with Crippen molar-refractivity contribution >= 4 is 0 Å². The standard InChI is InChI=1S/C8H14O4/c1-3-11-8(10,12-4-2)6-5-7-9/h9-10H,3-4,7H2,1-2H3. The van der Waals surface area contributed by atoms with Gasteiger partial charge in [0, 0.05) is 0 Å². The van der Waals surface area contributed by atoms with Gasteiger partial charge in [-0.05, 0) is 19.8 Å². The summed E-state index contributed by atoms with van der Waals surface area (Å²) in [5.74, 6) is 2.65. The van der Waals surface area contributed by atoms with Crippen molar-refractivity contribution in [3.05, 3.63) is 0 Å². The minimum Gasteiger partial charge on any atom is -0.384 e. The van der Waals surface area contributed by atoms with Gasteiger partial charge in [-0.25, -0.2) is 0 Å². The van der Waals surface area contributed by atoms with Crippen molar-refractivity contribution in [3.63, 3.8) is 0 Å². The van der Waals surface area contributed by atoms with Gasteiger partial charge in [0.05, 0.1) is 13.2 Å².